The number of rotatable bonds is 19. The van der Waals surface area contributed by atoms with E-state index in [4.69, 9.17) is 14.7 Å². The molecule has 0 unspecified atom stereocenters. The van der Waals surface area contributed by atoms with E-state index >= 15 is 0 Å². The van der Waals surface area contributed by atoms with Gasteiger partial charge < -0.3 is 19.6 Å². The highest BCUT2D eigenvalue weighted by Gasteiger charge is 2.28. The lowest BCUT2D eigenvalue weighted by atomic mass is 9.82. The minimum atomic E-state index is -0.119. The van der Waals surface area contributed by atoms with E-state index in [9.17, 15) is 9.90 Å². The van der Waals surface area contributed by atoms with Crippen molar-refractivity contribution < 1.29 is 14.6 Å². The van der Waals surface area contributed by atoms with Crippen LogP contribution in [0.5, 0.6) is 11.5 Å². The number of benzene rings is 4. The number of aryl methyl sites for hydroxylation is 2. The molecule has 0 saturated heterocycles. The van der Waals surface area contributed by atoms with E-state index in [1.807, 2.05) is 6.92 Å². The quantitative estimate of drug-likeness (QED) is 0.0577. The third-order valence-corrected chi connectivity index (χ3v) is 13.3. The average Bonchev–Trinajstić information content (AvgIpc) is 3.90. The molecule has 0 aliphatic carbocycles. The summed E-state index contributed by atoms with van der Waals surface area (Å²) >= 11 is 0. The molecule has 1 N–H and O–H groups in total. The average molecular weight is 883 g/mol. The number of esters is 1. The van der Waals surface area contributed by atoms with Crippen molar-refractivity contribution in [3.63, 3.8) is 0 Å². The summed E-state index contributed by atoms with van der Waals surface area (Å²) in [6.45, 7) is 29.1. The minimum Gasteiger partial charge on any atom is -0.507 e. The Morgan fingerprint density at radius 1 is 0.615 bits per heavy atom. The molecule has 0 aromatic heterocycles. The van der Waals surface area contributed by atoms with Gasteiger partial charge in [0.1, 0.15) is 23.2 Å². The number of unbranched alkanes of at least 4 members (excludes halogenated alkanes) is 8. The Bertz CT molecular complexity index is 2210. The molecule has 0 saturated carbocycles. The summed E-state index contributed by atoms with van der Waals surface area (Å²) in [5, 5.41) is 10.8. The summed E-state index contributed by atoms with van der Waals surface area (Å²) in [7, 11) is 0. The number of ether oxygens (including phenoxy) is 1. The summed E-state index contributed by atoms with van der Waals surface area (Å²) < 4.78 is 6.17. The van der Waals surface area contributed by atoms with Crippen LogP contribution in [-0.4, -0.2) is 58.7 Å². The first-order valence-electron chi connectivity index (χ1n) is 24.8. The predicted octanol–water partition coefficient (Wildman–Crippen LogP) is 13.6. The van der Waals surface area contributed by atoms with Gasteiger partial charge in [0, 0.05) is 51.0 Å². The van der Waals surface area contributed by atoms with Crippen LogP contribution in [0.4, 0.5) is 0 Å². The summed E-state index contributed by atoms with van der Waals surface area (Å²) in [5.41, 5.74) is 11.5. The molecular weight excluding hydrogens is 801 g/mol. The Balaban J connectivity index is 0.000000264. The molecule has 4 aromatic carbocycles. The molecular formula is C58H82N4O3. The number of aromatic hydroxyl groups is 1. The molecule has 0 fully saturated rings. The van der Waals surface area contributed by atoms with Crippen molar-refractivity contribution in [1.29, 1.82) is 0 Å². The molecule has 2 aliphatic heterocycles. The molecule has 0 spiro atoms. The molecule has 0 radical (unpaired) electrons. The monoisotopic (exact) mass is 883 g/mol. The molecule has 2 aliphatic rings. The smallest absolute Gasteiger partial charge is 0.311 e. The number of carbonyl (C=O) groups excluding carboxylic acids is 1. The highest BCUT2D eigenvalue weighted by Crippen LogP contribution is 2.39. The zero-order valence-electron chi connectivity index (χ0n) is 42.2. The van der Waals surface area contributed by atoms with Crippen molar-refractivity contribution in [2.75, 3.05) is 26.2 Å². The highest BCUT2D eigenvalue weighted by atomic mass is 16.5. The Kier molecular flexibility index (Phi) is 18.9. The number of hydrogen-bond acceptors (Lipinski definition) is 7. The van der Waals surface area contributed by atoms with Gasteiger partial charge in [-0.25, -0.2) is 0 Å². The van der Waals surface area contributed by atoms with Gasteiger partial charge in [-0.1, -0.05) is 173 Å². The Morgan fingerprint density at radius 3 is 1.51 bits per heavy atom. The Morgan fingerprint density at radius 2 is 1.05 bits per heavy atom. The summed E-state index contributed by atoms with van der Waals surface area (Å²) in [6.07, 6.45) is 13.2. The van der Waals surface area contributed by atoms with Crippen molar-refractivity contribution in [2.45, 2.75) is 177 Å². The van der Waals surface area contributed by atoms with Crippen LogP contribution >= 0.6 is 0 Å². The highest BCUT2D eigenvalue weighted by molar-refractivity contribution is 5.87. The number of aliphatic imine (C=N–C) groups is 2. The molecule has 7 nitrogen and oxygen atoms in total. The third kappa shape index (κ3) is 14.8. The predicted molar refractivity (Wildman–Crippen MR) is 274 cm³/mol. The molecule has 65 heavy (non-hydrogen) atoms. The first-order chi connectivity index (χ1) is 31.0. The lowest BCUT2D eigenvalue weighted by Crippen LogP contribution is -2.29. The Hall–Kier alpha value is -4.91. The third-order valence-electron chi connectivity index (χ3n) is 13.3. The van der Waals surface area contributed by atoms with E-state index < -0.39 is 0 Å². The van der Waals surface area contributed by atoms with Crippen molar-refractivity contribution >= 4 is 17.6 Å². The second-order valence-electron chi connectivity index (χ2n) is 20.7. The standard InChI is InChI=1S/C35H52N2O2.C23H30N2O/c1-7-8-9-10-11-12-13-14-18-21-33(38)39-34-28(3)30(27(2)24-31(34)35(4,5)6)25-32-36-22-23-37(32)26-29-19-16-15-17-20-29;1-16-13-20(23(3,4)5)22(26)17(2)19(16)14-21-24-11-12-25(21)15-18-9-7-6-8-10-18/h15-17,19-20,24H,7-14,18,21-23,25-26H2,1-6H3;6-10,13,26H,11-12,14-15H2,1-5H3. The first kappa shape index (κ1) is 51.1. The van der Waals surface area contributed by atoms with E-state index in [1.54, 1.807) is 0 Å². The van der Waals surface area contributed by atoms with Crippen LogP contribution in [-0.2, 0) is 41.6 Å². The van der Waals surface area contributed by atoms with Gasteiger partial charge in [-0.2, -0.15) is 0 Å². The maximum atomic E-state index is 13.0. The van der Waals surface area contributed by atoms with Gasteiger partial charge in [-0.15, -0.1) is 0 Å². The topological polar surface area (TPSA) is 77.7 Å². The van der Waals surface area contributed by atoms with E-state index in [0.717, 1.165) is 105 Å². The van der Waals surface area contributed by atoms with Crippen molar-refractivity contribution in [2.24, 2.45) is 9.98 Å². The molecule has 352 valence electrons. The number of hydrogen-bond donors (Lipinski definition) is 1. The number of phenols is 1. The van der Waals surface area contributed by atoms with Crippen LogP contribution in [0.25, 0.3) is 0 Å². The van der Waals surface area contributed by atoms with E-state index in [2.05, 4.69) is 152 Å². The summed E-state index contributed by atoms with van der Waals surface area (Å²) in [6, 6.07) is 25.5. The lowest BCUT2D eigenvalue weighted by molar-refractivity contribution is -0.134. The van der Waals surface area contributed by atoms with Crippen molar-refractivity contribution in [3.8, 4) is 11.5 Å². The van der Waals surface area contributed by atoms with Gasteiger partial charge in [0.05, 0.1) is 13.1 Å². The molecule has 0 bridgehead atoms. The first-order valence-corrected chi connectivity index (χ1v) is 24.8. The van der Waals surface area contributed by atoms with E-state index in [-0.39, 0.29) is 16.8 Å². The molecule has 0 atom stereocenters. The molecule has 4 aromatic rings. The number of amidine groups is 2. The van der Waals surface area contributed by atoms with Gasteiger partial charge in [-0.3, -0.25) is 14.8 Å². The largest absolute Gasteiger partial charge is 0.507 e. The summed E-state index contributed by atoms with van der Waals surface area (Å²) in [5.74, 6) is 3.34. The summed E-state index contributed by atoms with van der Waals surface area (Å²) in [4.78, 5) is 27.4. The lowest BCUT2D eigenvalue weighted by Gasteiger charge is -2.27. The van der Waals surface area contributed by atoms with Crippen molar-refractivity contribution in [1.82, 2.24) is 9.80 Å². The normalized spacial score (nSPS) is 14.0. The zero-order chi connectivity index (χ0) is 47.1. The van der Waals surface area contributed by atoms with Crippen LogP contribution in [0.2, 0.25) is 0 Å². The van der Waals surface area contributed by atoms with Crippen LogP contribution in [0, 0.1) is 27.7 Å². The minimum absolute atomic E-state index is 0.0671. The molecule has 6 rings (SSSR count). The fourth-order valence-corrected chi connectivity index (χ4v) is 9.22. The SMILES string of the molecule is CCCCCCCCCCCC(=O)Oc1c(C(C)(C)C)cc(C)c(CC2=NCCN2Cc2ccccc2)c1C.Cc1cc(C(C)(C)C)c(O)c(C)c1CC1=NCCN1Cc1ccccc1. The zero-order valence-corrected chi connectivity index (χ0v) is 42.2. The second-order valence-corrected chi connectivity index (χ2v) is 20.7. The maximum Gasteiger partial charge on any atom is 0.311 e. The van der Waals surface area contributed by atoms with E-state index in [1.165, 1.54) is 78.3 Å². The van der Waals surface area contributed by atoms with Crippen LogP contribution in [0.15, 0.2) is 82.8 Å². The fourth-order valence-electron chi connectivity index (χ4n) is 9.22. The molecule has 0 amide bonds. The maximum absolute atomic E-state index is 13.0. The fraction of sp³-hybridized carbons (Fsp3) is 0.534. The van der Waals surface area contributed by atoms with Gasteiger partial charge in [0.15, 0.2) is 0 Å². The van der Waals surface area contributed by atoms with Crippen LogP contribution in [0.1, 0.15) is 168 Å². The van der Waals surface area contributed by atoms with E-state index in [0.29, 0.717) is 12.2 Å². The van der Waals surface area contributed by atoms with Crippen LogP contribution in [0.3, 0.4) is 0 Å². The second kappa shape index (κ2) is 24.0. The van der Waals surface area contributed by atoms with Gasteiger partial charge in [0.25, 0.3) is 0 Å². The van der Waals surface area contributed by atoms with Gasteiger partial charge in [0.2, 0.25) is 0 Å². The molecule has 7 heteroatoms. The van der Waals surface area contributed by atoms with Crippen molar-refractivity contribution in [3.05, 3.63) is 128 Å². The Labute approximate surface area is 393 Å². The number of phenolic OH excluding ortho intramolecular Hbond substituents is 1. The molecule has 2 heterocycles. The number of carbonyl (C=O) groups is 1. The number of nitrogens with zero attached hydrogens (tertiary/aromatic N) is 4. The van der Waals surface area contributed by atoms with Gasteiger partial charge in [-0.05, 0) is 95.0 Å². The van der Waals surface area contributed by atoms with Crippen LogP contribution < -0.4 is 4.74 Å². The van der Waals surface area contributed by atoms with Gasteiger partial charge >= 0.3 is 5.97 Å².